The molecule has 6 heteroatoms. The minimum atomic E-state index is -0.0753. The average Bonchev–Trinajstić information content (AvgIpc) is 3.81. The van der Waals surface area contributed by atoms with E-state index < -0.39 is 0 Å². The van der Waals surface area contributed by atoms with Crippen LogP contribution in [0.4, 0.5) is 0 Å². The molecular weight excluding hydrogens is 715 g/mol. The second-order valence-corrected chi connectivity index (χ2v) is 18.7. The minimum Gasteiger partial charge on any atom is -0.318 e. The van der Waals surface area contributed by atoms with Crippen molar-refractivity contribution in [3.63, 3.8) is 0 Å². The molecular formula is C51H53N5S. The second-order valence-electron chi connectivity index (χ2n) is 17.6. The number of thioether (sulfide) groups is 1. The van der Waals surface area contributed by atoms with Crippen LogP contribution in [0.25, 0.3) is 17.3 Å². The van der Waals surface area contributed by atoms with Crippen LogP contribution in [0, 0.1) is 11.8 Å². The number of fused-ring (bicyclic) bond motifs is 6. The summed E-state index contributed by atoms with van der Waals surface area (Å²) in [7, 11) is 0. The number of aliphatic imine (C=N–C) groups is 1. The topological polar surface area (TPSA) is 56.0 Å². The maximum Gasteiger partial charge on any atom is 0.163 e. The maximum absolute atomic E-state index is 5.58. The number of benzene rings is 1. The lowest BCUT2D eigenvalue weighted by atomic mass is 9.77. The molecule has 3 aromatic rings. The van der Waals surface area contributed by atoms with Crippen LogP contribution in [0.5, 0.6) is 0 Å². The lowest BCUT2D eigenvalue weighted by Gasteiger charge is -2.33. The first-order valence-corrected chi connectivity index (χ1v) is 22.8. The van der Waals surface area contributed by atoms with Crippen molar-refractivity contribution in [3.8, 4) is 0 Å². The van der Waals surface area contributed by atoms with Gasteiger partial charge in [-0.3, -0.25) is 4.99 Å². The highest BCUT2D eigenvalue weighted by Crippen LogP contribution is 2.58. The van der Waals surface area contributed by atoms with Crippen molar-refractivity contribution >= 4 is 35.3 Å². The summed E-state index contributed by atoms with van der Waals surface area (Å²) in [6.45, 7) is 2.30. The summed E-state index contributed by atoms with van der Waals surface area (Å²) in [4.78, 5) is 24.5. The van der Waals surface area contributed by atoms with Crippen LogP contribution in [0.3, 0.4) is 0 Å². The molecule has 2 aliphatic heterocycles. The lowest BCUT2D eigenvalue weighted by molar-refractivity contribution is 0.439. The van der Waals surface area contributed by atoms with Crippen LogP contribution in [0.15, 0.2) is 105 Å². The Kier molecular flexibility index (Phi) is 9.37. The fourth-order valence-corrected chi connectivity index (χ4v) is 12.2. The molecule has 0 amide bonds. The van der Waals surface area contributed by atoms with Crippen LogP contribution < -0.4 is 0 Å². The molecule has 5 nitrogen and oxygen atoms in total. The minimum absolute atomic E-state index is 0.0148. The maximum atomic E-state index is 5.58. The smallest absolute Gasteiger partial charge is 0.163 e. The van der Waals surface area contributed by atoms with Gasteiger partial charge in [0.2, 0.25) is 0 Å². The molecule has 0 radical (unpaired) electrons. The molecule has 1 aromatic carbocycles. The van der Waals surface area contributed by atoms with Gasteiger partial charge < -0.3 is 4.57 Å². The van der Waals surface area contributed by atoms with E-state index in [1.807, 2.05) is 11.8 Å². The van der Waals surface area contributed by atoms with Gasteiger partial charge in [0.25, 0.3) is 0 Å². The summed E-state index contributed by atoms with van der Waals surface area (Å²) in [5, 5.41) is 0. The SMILES string of the molecule is CC1C=CC(C2C=NC(c3cccc4c3SC3=Cc5c(c6c(n5C5=CCCCC5)CCCC6)CC34)[C@H](c3nc(C4=CCCC=C4)nc(C4C=CC=CC4)n3)C2)=CC1. The number of rotatable bonds is 6. The molecule has 6 aliphatic carbocycles. The predicted molar refractivity (Wildman–Crippen MR) is 235 cm³/mol. The molecule has 4 heterocycles. The third-order valence-corrected chi connectivity index (χ3v) is 15.2. The van der Waals surface area contributed by atoms with Crippen molar-refractivity contribution in [1.82, 2.24) is 19.5 Å². The molecule has 11 rings (SSSR count). The normalized spacial score (nSPS) is 28.5. The van der Waals surface area contributed by atoms with Gasteiger partial charge in [-0.25, -0.2) is 15.0 Å². The van der Waals surface area contributed by atoms with Crippen molar-refractivity contribution in [1.29, 1.82) is 0 Å². The van der Waals surface area contributed by atoms with E-state index in [1.165, 1.54) is 83.6 Å². The largest absolute Gasteiger partial charge is 0.318 e. The molecule has 0 N–H and O–H groups in total. The summed E-state index contributed by atoms with van der Waals surface area (Å²) in [6, 6.07) is 7.03. The van der Waals surface area contributed by atoms with Crippen LogP contribution in [-0.2, 0) is 19.3 Å². The Morgan fingerprint density at radius 2 is 1.68 bits per heavy atom. The molecule has 0 spiro atoms. The molecule has 57 heavy (non-hydrogen) atoms. The molecule has 5 unspecified atom stereocenters. The standard InChI is InChI=1S/C51H53N5S/c1-32-24-26-33(27-25-32)36-28-43(51-54-49(34-14-5-2-6-15-34)53-50(55-51)35-16-7-3-8-17-35)47(52-31-36)40-22-13-21-39-42-29-41-38-20-11-12-23-44(38)56(37-18-9-4-10-19-37)45(41)30-46(42)57-48(39)40/h2,5-7,13-14,16-18,21-22,24,26-27,30-32,34,36,42-43,47H,3-4,8-12,15,19-20,23,25,28-29H2,1H3/t32?,34?,36?,42?,43-,47?/m1/s1. The Hall–Kier alpha value is -4.55. The van der Waals surface area contributed by atoms with Crippen molar-refractivity contribution in [3.05, 3.63) is 147 Å². The highest BCUT2D eigenvalue weighted by atomic mass is 32.2. The molecule has 288 valence electrons. The van der Waals surface area contributed by atoms with Gasteiger partial charge in [-0.05, 0) is 135 Å². The van der Waals surface area contributed by atoms with Crippen LogP contribution in [0.2, 0.25) is 0 Å². The Labute approximate surface area is 342 Å². The van der Waals surface area contributed by atoms with E-state index in [4.69, 9.17) is 19.9 Å². The van der Waals surface area contributed by atoms with Gasteiger partial charge in [0, 0.05) is 57.4 Å². The quantitative estimate of drug-likeness (QED) is 0.251. The van der Waals surface area contributed by atoms with Gasteiger partial charge >= 0.3 is 0 Å². The van der Waals surface area contributed by atoms with E-state index in [0.29, 0.717) is 11.8 Å². The van der Waals surface area contributed by atoms with Gasteiger partial charge in [-0.15, -0.1) is 0 Å². The fraction of sp³-hybridized carbons (Fsp3) is 0.412. The number of aromatic nitrogens is 4. The number of hydrogen-bond acceptors (Lipinski definition) is 5. The van der Waals surface area contributed by atoms with Crippen molar-refractivity contribution in [2.45, 2.75) is 126 Å². The van der Waals surface area contributed by atoms with Crippen LogP contribution in [-0.4, -0.2) is 25.7 Å². The van der Waals surface area contributed by atoms with E-state index in [-0.39, 0.29) is 23.8 Å². The third-order valence-electron chi connectivity index (χ3n) is 13.9. The number of allylic oxidation sites excluding steroid dienone is 15. The van der Waals surface area contributed by atoms with Crippen molar-refractivity contribution in [2.24, 2.45) is 16.8 Å². The zero-order valence-corrected chi connectivity index (χ0v) is 34.1. The summed E-state index contributed by atoms with van der Waals surface area (Å²) in [5.74, 6) is 3.94. The zero-order valence-electron chi connectivity index (χ0n) is 33.2. The molecule has 6 atom stereocenters. The third kappa shape index (κ3) is 6.47. The van der Waals surface area contributed by atoms with Gasteiger partial charge in [-0.1, -0.05) is 104 Å². The highest BCUT2D eigenvalue weighted by molar-refractivity contribution is 8.03. The first kappa shape index (κ1) is 35.6. The van der Waals surface area contributed by atoms with Gasteiger partial charge in [0.1, 0.15) is 11.6 Å². The summed E-state index contributed by atoms with van der Waals surface area (Å²) >= 11 is 2.03. The molecule has 0 saturated heterocycles. The second kappa shape index (κ2) is 15.0. The Morgan fingerprint density at radius 3 is 2.53 bits per heavy atom. The Balaban J connectivity index is 1.01. The van der Waals surface area contributed by atoms with E-state index in [0.717, 1.165) is 61.6 Å². The van der Waals surface area contributed by atoms with Gasteiger partial charge in [0.05, 0.1) is 6.04 Å². The van der Waals surface area contributed by atoms with Gasteiger partial charge in [0.15, 0.2) is 5.82 Å². The Morgan fingerprint density at radius 1 is 0.772 bits per heavy atom. The lowest BCUT2D eigenvalue weighted by Crippen LogP contribution is -2.25. The molecule has 8 aliphatic rings. The number of nitrogens with zero attached hydrogens (tertiary/aromatic N) is 5. The monoisotopic (exact) mass is 767 g/mol. The summed E-state index contributed by atoms with van der Waals surface area (Å²) in [5.41, 5.74) is 13.3. The van der Waals surface area contributed by atoms with Crippen LogP contribution >= 0.6 is 11.8 Å². The summed E-state index contributed by atoms with van der Waals surface area (Å²) in [6.07, 6.45) is 46.3. The predicted octanol–water partition coefficient (Wildman–Crippen LogP) is 12.5. The number of hydrogen-bond donors (Lipinski definition) is 0. The van der Waals surface area contributed by atoms with E-state index in [1.54, 1.807) is 22.5 Å². The van der Waals surface area contributed by atoms with Crippen LogP contribution in [0.1, 0.15) is 152 Å². The molecule has 0 saturated carbocycles. The summed E-state index contributed by atoms with van der Waals surface area (Å²) < 4.78 is 2.73. The van der Waals surface area contributed by atoms with E-state index in [2.05, 4.69) is 109 Å². The van der Waals surface area contributed by atoms with Crippen molar-refractivity contribution < 1.29 is 0 Å². The van der Waals surface area contributed by atoms with E-state index in [9.17, 15) is 0 Å². The molecule has 0 fully saturated rings. The van der Waals surface area contributed by atoms with E-state index >= 15 is 0 Å². The average molecular weight is 768 g/mol. The molecule has 0 bridgehead atoms. The zero-order chi connectivity index (χ0) is 37.9. The first-order valence-electron chi connectivity index (χ1n) is 22.0. The molecule has 2 aromatic heterocycles. The first-order chi connectivity index (χ1) is 28.2. The van der Waals surface area contributed by atoms with Gasteiger partial charge in [-0.2, -0.15) is 0 Å². The van der Waals surface area contributed by atoms with Crippen molar-refractivity contribution in [2.75, 3.05) is 0 Å². The fourth-order valence-electron chi connectivity index (χ4n) is 10.8. The Bertz CT molecular complexity index is 2410. The highest BCUT2D eigenvalue weighted by Gasteiger charge is 2.41.